The second-order valence-electron chi connectivity index (χ2n) is 0.761. The zero-order chi connectivity index (χ0) is 5.41. The van der Waals surface area contributed by atoms with Gasteiger partial charge in [-0.25, -0.2) is 0 Å². The van der Waals surface area contributed by atoms with Crippen LogP contribution in [0.3, 0.4) is 0 Å². The molecule has 0 aliphatic rings. The summed E-state index contributed by atoms with van der Waals surface area (Å²) >= 11 is 5.30. The Kier molecular flexibility index (Phi) is 91.5. The van der Waals surface area contributed by atoms with Crippen LogP contribution in [0.1, 0.15) is 27.7 Å². The predicted molar refractivity (Wildman–Crippen MR) is 66.2 cm³/mol. The van der Waals surface area contributed by atoms with Gasteiger partial charge < -0.3 is 0 Å². The summed E-state index contributed by atoms with van der Waals surface area (Å²) in [6.45, 7) is 4.25. The van der Waals surface area contributed by atoms with Crippen LogP contribution in [-0.4, -0.2) is 0 Å². The summed E-state index contributed by atoms with van der Waals surface area (Å²) in [4.78, 5) is 0. The summed E-state index contributed by atoms with van der Waals surface area (Å²) in [6, 6.07) is 0. The summed E-state index contributed by atoms with van der Waals surface area (Å²) in [5, 5.41) is 0. The Labute approximate surface area is 100.0 Å². The van der Waals surface area contributed by atoms with E-state index in [-0.39, 0.29) is 31.4 Å². The van der Waals surface area contributed by atoms with Gasteiger partial charge in [-0.3, -0.25) is 0 Å². The minimum Gasteiger partial charge on any atom is -0.107 e. The third-order valence-corrected chi connectivity index (χ3v) is 0. The van der Waals surface area contributed by atoms with Crippen molar-refractivity contribution in [3.05, 3.63) is 0 Å². The maximum atomic E-state index is 2.39. The molecule has 0 saturated heterocycles. The first-order chi connectivity index (χ1) is 2.83. The molecule has 0 bridgehead atoms. The predicted octanol–water partition coefficient (Wildman–Crippen LogP) is 1.45. The summed E-state index contributed by atoms with van der Waals surface area (Å²) in [6.07, 6.45) is 1.25. The van der Waals surface area contributed by atoms with Gasteiger partial charge >= 0.3 is 13.3 Å². The maximum absolute atomic E-state index is 2.39. The fourth-order valence-electron chi connectivity index (χ4n) is 0. The molecule has 0 aromatic rings. The van der Waals surface area contributed by atoms with E-state index in [2.05, 4.69) is 51.1 Å². The average molecular weight is 569 g/mol. The van der Waals surface area contributed by atoms with E-state index in [9.17, 15) is 0 Å². The molecule has 0 nitrogen and oxygen atoms in total. The van der Waals surface area contributed by atoms with E-state index in [0.717, 1.165) is 0 Å². The molecule has 0 aromatic heterocycles. The third-order valence-electron chi connectivity index (χ3n) is 0. The van der Waals surface area contributed by atoms with Crippen molar-refractivity contribution in [1.82, 2.24) is 0 Å². The van der Waals surface area contributed by atoms with Crippen LogP contribution < -0.4 is 13.3 Å². The zero-order valence-electron chi connectivity index (χ0n) is 4.25. The topological polar surface area (TPSA) is 0 Å². The van der Waals surface area contributed by atoms with E-state index in [1.165, 1.54) is 6.42 Å². The average Bonchev–Trinajstić information content (AvgIpc) is 1.39. The van der Waals surface area contributed by atoms with E-state index < -0.39 is 0 Å². The molecule has 0 aromatic carbocycles. The quantitative estimate of drug-likeness (QED) is 0.389. The first kappa shape index (κ1) is 22.4. The van der Waals surface area contributed by atoms with Crippen LogP contribution in [0.4, 0.5) is 0 Å². The molecule has 0 atom stereocenters. The molecular formula is C4H13I4+. The van der Waals surface area contributed by atoms with Gasteiger partial charge in [0.25, 0.3) is 37.2 Å². The normalized spacial score (nSPS) is 4.50. The first-order valence-corrected chi connectivity index (χ1v) is 14.3. The molecule has 0 fully saturated rings. The lowest BCUT2D eigenvalue weighted by molar-refractivity contribution is -0.141. The minimum absolute atomic E-state index is 0. The lowest BCUT2D eigenvalue weighted by Gasteiger charge is -1.48. The summed E-state index contributed by atoms with van der Waals surface area (Å²) in [5.41, 5.74) is 0. The fourth-order valence-corrected chi connectivity index (χ4v) is 0. The second kappa shape index (κ2) is 32.6. The van der Waals surface area contributed by atoms with Crippen molar-refractivity contribution < 1.29 is 13.3 Å². The van der Waals surface area contributed by atoms with Gasteiger partial charge in [0, 0.05) is 0 Å². The first-order valence-electron chi connectivity index (χ1n) is 1.70. The Morgan fingerprint density at radius 1 is 1.25 bits per heavy atom. The van der Waals surface area contributed by atoms with E-state index in [4.69, 9.17) is 0 Å². The molecule has 0 rings (SSSR count). The van der Waals surface area contributed by atoms with Crippen LogP contribution in [0.2, 0.25) is 0 Å². The molecule has 0 amide bonds. The lowest BCUT2D eigenvalue weighted by Crippen LogP contribution is -3.46. The molecule has 0 unspecified atom stereocenters. The highest BCUT2D eigenvalue weighted by Gasteiger charge is 1.77. The van der Waals surface area contributed by atoms with Gasteiger partial charge in [0.1, 0.15) is 0 Å². The highest BCUT2D eigenvalue weighted by molar-refractivity contribution is 14.2. The van der Waals surface area contributed by atoms with Gasteiger partial charge in [0.05, 0.1) is 0 Å². The van der Waals surface area contributed by atoms with Crippen molar-refractivity contribution in [3.63, 3.8) is 0 Å². The van der Waals surface area contributed by atoms with Gasteiger partial charge in [0.15, 0.2) is 0 Å². The van der Waals surface area contributed by atoms with Gasteiger partial charge in [0.2, 0.25) is 0 Å². The van der Waals surface area contributed by atoms with Crippen molar-refractivity contribution >= 4 is 61.2 Å². The molecule has 0 spiro atoms. The van der Waals surface area contributed by atoms with E-state index in [0.29, 0.717) is 13.3 Å². The summed E-state index contributed by atoms with van der Waals surface area (Å²) < 4.78 is 0. The fraction of sp³-hybridized carbons (Fsp3) is 1.00. The number of hydrogen-bond acceptors (Lipinski definition) is 0. The molecular weight excluding hydrogens is 556 g/mol. The molecule has 0 aliphatic heterocycles. The van der Waals surface area contributed by atoms with Crippen LogP contribution in [0.15, 0.2) is 0 Å². The van der Waals surface area contributed by atoms with Crippen molar-refractivity contribution in [3.8, 4) is 0 Å². The highest BCUT2D eigenvalue weighted by atomic mass is 128. The van der Waals surface area contributed by atoms with Crippen LogP contribution in [0, 0.1) is 0 Å². The Balaban J connectivity index is -0.0000000160. The number of hydrogen-bond donors (Lipinski definition) is 0. The van der Waals surface area contributed by atoms with E-state index in [1.807, 2.05) is 0 Å². The Morgan fingerprint density at radius 2 is 1.25 bits per heavy atom. The maximum Gasteiger partial charge on any atom is 0.421 e. The molecule has 56 valence electrons. The van der Waals surface area contributed by atoms with Crippen LogP contribution in [0.5, 0.6) is 0 Å². The van der Waals surface area contributed by atoms with Gasteiger partial charge in [-0.05, 0) is 0 Å². The SMILES string of the molecule is C.CCC.I.I[I+]I. The van der Waals surface area contributed by atoms with Crippen molar-refractivity contribution in [2.24, 2.45) is 0 Å². The van der Waals surface area contributed by atoms with E-state index >= 15 is 0 Å². The Hall–Kier alpha value is 2.92. The molecule has 4 heteroatoms. The molecule has 0 radical (unpaired) electrons. The monoisotopic (exact) mass is 569 g/mol. The van der Waals surface area contributed by atoms with Crippen LogP contribution in [0.25, 0.3) is 0 Å². The highest BCUT2D eigenvalue weighted by Crippen LogP contribution is 1.56. The van der Waals surface area contributed by atoms with Gasteiger partial charge in [-0.1, -0.05) is 27.7 Å². The summed E-state index contributed by atoms with van der Waals surface area (Å²) in [5.74, 6) is 0. The summed E-state index contributed by atoms with van der Waals surface area (Å²) in [7, 11) is 0. The molecule has 0 saturated carbocycles. The Morgan fingerprint density at radius 3 is 1.25 bits per heavy atom. The standard InChI is InChI=1S/C3H8.CH4.I3.HI/c1-3-2;;1-3-2;/h3H2,1-2H3;1H4;;1H/q;;+1;. The largest absolute Gasteiger partial charge is 0.421 e. The lowest BCUT2D eigenvalue weighted by atomic mass is 10.6. The molecule has 8 heavy (non-hydrogen) atoms. The van der Waals surface area contributed by atoms with Crippen LogP contribution in [-0.2, 0) is 0 Å². The van der Waals surface area contributed by atoms with Crippen molar-refractivity contribution in [2.45, 2.75) is 27.7 Å². The second-order valence-corrected chi connectivity index (χ2v) is 17.0. The smallest absolute Gasteiger partial charge is 0.107 e. The van der Waals surface area contributed by atoms with Gasteiger partial charge in [-0.15, -0.1) is 24.0 Å². The number of rotatable bonds is 0. The molecule has 0 N–H and O–H groups in total. The molecule has 0 heterocycles. The van der Waals surface area contributed by atoms with Crippen molar-refractivity contribution in [2.75, 3.05) is 0 Å². The van der Waals surface area contributed by atoms with Crippen molar-refractivity contribution in [1.29, 1.82) is 0 Å². The third kappa shape index (κ3) is 65.6. The zero-order valence-corrected chi connectivity index (χ0v) is 13.1. The molecule has 0 aliphatic carbocycles. The van der Waals surface area contributed by atoms with Gasteiger partial charge in [-0.2, -0.15) is 0 Å². The number of halogens is 4. The van der Waals surface area contributed by atoms with Crippen LogP contribution >= 0.6 is 61.2 Å². The van der Waals surface area contributed by atoms with E-state index in [1.54, 1.807) is 0 Å². The minimum atomic E-state index is 0. The Bertz CT molecular complexity index is 10.0.